The molecule has 0 saturated heterocycles. The zero-order valence-corrected chi connectivity index (χ0v) is 10.8. The van der Waals surface area contributed by atoms with Crippen LogP contribution in [0.25, 0.3) is 11.3 Å². The van der Waals surface area contributed by atoms with Crippen LogP contribution in [0.3, 0.4) is 0 Å². The number of aryl methyl sites for hydroxylation is 1. The number of carboxylic acids is 1. The van der Waals surface area contributed by atoms with E-state index in [-0.39, 0.29) is 16.8 Å². The van der Waals surface area contributed by atoms with E-state index in [1.165, 1.54) is 37.0 Å². The van der Waals surface area contributed by atoms with Crippen LogP contribution in [0.2, 0.25) is 0 Å². The molecule has 0 amide bonds. The number of hydrogen-bond acceptors (Lipinski definition) is 4. The van der Waals surface area contributed by atoms with Crippen molar-refractivity contribution < 1.29 is 23.8 Å². The first-order chi connectivity index (χ1) is 9.43. The third-order valence-corrected chi connectivity index (χ3v) is 2.77. The second-order valence-electron chi connectivity index (χ2n) is 4.03. The maximum Gasteiger partial charge on any atom is 0.356 e. The molecule has 0 unspecified atom stereocenters. The van der Waals surface area contributed by atoms with Crippen LogP contribution in [0, 0.1) is 5.82 Å². The second kappa shape index (κ2) is 5.12. The average Bonchev–Trinajstić information content (AvgIpc) is 2.80. The number of aromatic carboxylic acids is 1. The zero-order chi connectivity index (χ0) is 14.9. The van der Waals surface area contributed by atoms with Gasteiger partial charge in [-0.3, -0.25) is 4.68 Å². The molecule has 6 nitrogen and oxygen atoms in total. The number of esters is 1. The fraction of sp³-hybridized carbons (Fsp3) is 0.154. The number of aromatic nitrogens is 2. The van der Waals surface area contributed by atoms with Crippen LogP contribution in [-0.2, 0) is 11.8 Å². The molecule has 0 fully saturated rings. The number of ether oxygens (including phenoxy) is 1. The molecule has 2 rings (SSSR count). The first-order valence-electron chi connectivity index (χ1n) is 5.59. The summed E-state index contributed by atoms with van der Waals surface area (Å²) in [4.78, 5) is 22.1. The molecule has 0 spiro atoms. The summed E-state index contributed by atoms with van der Waals surface area (Å²) in [5, 5.41) is 12.6. The molecule has 0 radical (unpaired) electrons. The van der Waals surface area contributed by atoms with Crippen LogP contribution < -0.4 is 0 Å². The van der Waals surface area contributed by atoms with Gasteiger partial charge >= 0.3 is 11.9 Å². The van der Waals surface area contributed by atoms with E-state index in [2.05, 4.69) is 9.84 Å². The topological polar surface area (TPSA) is 81.4 Å². The third-order valence-electron chi connectivity index (χ3n) is 2.77. The number of carboxylic acid groups (broad SMARTS) is 1. The lowest BCUT2D eigenvalue weighted by Gasteiger charge is -2.05. The molecule has 104 valence electrons. The van der Waals surface area contributed by atoms with Crippen molar-refractivity contribution in [1.29, 1.82) is 0 Å². The highest BCUT2D eigenvalue weighted by Crippen LogP contribution is 2.24. The Morgan fingerprint density at radius 2 is 2.05 bits per heavy atom. The summed E-state index contributed by atoms with van der Waals surface area (Å²) in [5.74, 6) is -2.50. The van der Waals surface area contributed by atoms with Crippen molar-refractivity contribution in [1.82, 2.24) is 9.78 Å². The van der Waals surface area contributed by atoms with Gasteiger partial charge in [-0.05, 0) is 24.3 Å². The van der Waals surface area contributed by atoms with E-state index >= 15 is 0 Å². The monoisotopic (exact) mass is 278 g/mol. The van der Waals surface area contributed by atoms with E-state index in [0.29, 0.717) is 5.69 Å². The minimum atomic E-state index is -1.20. The fourth-order valence-electron chi connectivity index (χ4n) is 1.79. The summed E-state index contributed by atoms with van der Waals surface area (Å²) >= 11 is 0. The Kier molecular flexibility index (Phi) is 3.51. The summed E-state index contributed by atoms with van der Waals surface area (Å²) in [6.07, 6.45) is 0. The van der Waals surface area contributed by atoms with Crippen LogP contribution in [0.1, 0.15) is 20.8 Å². The van der Waals surface area contributed by atoms with Crippen molar-refractivity contribution >= 4 is 11.9 Å². The SMILES string of the molecule is COC(=O)c1ccc(-c2cc(C(=O)O)nn2C)c(F)c1. The van der Waals surface area contributed by atoms with Gasteiger partial charge in [-0.25, -0.2) is 14.0 Å². The molecule has 1 aromatic carbocycles. The number of nitrogens with zero attached hydrogens (tertiary/aromatic N) is 2. The predicted molar refractivity (Wildman–Crippen MR) is 66.9 cm³/mol. The smallest absolute Gasteiger partial charge is 0.356 e. The Balaban J connectivity index is 2.48. The average molecular weight is 278 g/mol. The predicted octanol–water partition coefficient (Wildman–Crippen LogP) is 1.71. The number of methoxy groups -OCH3 is 1. The molecule has 20 heavy (non-hydrogen) atoms. The van der Waals surface area contributed by atoms with Gasteiger partial charge in [-0.2, -0.15) is 5.10 Å². The van der Waals surface area contributed by atoms with Gasteiger partial charge in [0, 0.05) is 12.6 Å². The Morgan fingerprint density at radius 1 is 1.35 bits per heavy atom. The van der Waals surface area contributed by atoms with Crippen molar-refractivity contribution in [2.24, 2.45) is 7.05 Å². The Morgan fingerprint density at radius 3 is 2.55 bits per heavy atom. The molecule has 0 aliphatic heterocycles. The van der Waals surface area contributed by atoms with E-state index < -0.39 is 17.8 Å². The highest BCUT2D eigenvalue weighted by atomic mass is 19.1. The quantitative estimate of drug-likeness (QED) is 0.864. The van der Waals surface area contributed by atoms with E-state index in [1.54, 1.807) is 0 Å². The van der Waals surface area contributed by atoms with E-state index in [1.807, 2.05) is 0 Å². The highest BCUT2D eigenvalue weighted by Gasteiger charge is 2.17. The third kappa shape index (κ3) is 2.37. The van der Waals surface area contributed by atoms with Gasteiger partial charge in [0.25, 0.3) is 0 Å². The van der Waals surface area contributed by atoms with Crippen molar-refractivity contribution in [3.63, 3.8) is 0 Å². The Bertz CT molecular complexity index is 694. The second-order valence-corrected chi connectivity index (χ2v) is 4.03. The molecule has 1 aromatic heterocycles. The molecular weight excluding hydrogens is 267 g/mol. The number of benzene rings is 1. The molecule has 0 aliphatic rings. The van der Waals surface area contributed by atoms with Gasteiger partial charge in [0.2, 0.25) is 0 Å². The molecular formula is C13H11FN2O4. The summed E-state index contributed by atoms with van der Waals surface area (Å²) in [6, 6.07) is 5.08. The summed E-state index contributed by atoms with van der Waals surface area (Å²) in [7, 11) is 2.71. The summed E-state index contributed by atoms with van der Waals surface area (Å²) in [6.45, 7) is 0. The lowest BCUT2D eigenvalue weighted by molar-refractivity contribution is 0.0599. The fourth-order valence-corrected chi connectivity index (χ4v) is 1.79. The van der Waals surface area contributed by atoms with Crippen LogP contribution in [-0.4, -0.2) is 33.9 Å². The molecule has 0 bridgehead atoms. The van der Waals surface area contributed by atoms with Gasteiger partial charge in [0.15, 0.2) is 5.69 Å². The first kappa shape index (κ1) is 13.7. The Labute approximate surface area is 113 Å². The van der Waals surface area contributed by atoms with Gasteiger partial charge < -0.3 is 9.84 Å². The molecule has 1 heterocycles. The van der Waals surface area contributed by atoms with Gasteiger partial charge in [0.1, 0.15) is 5.82 Å². The van der Waals surface area contributed by atoms with Gasteiger partial charge in [0.05, 0.1) is 18.4 Å². The van der Waals surface area contributed by atoms with Crippen LogP contribution >= 0.6 is 0 Å². The maximum atomic E-state index is 14.0. The zero-order valence-electron chi connectivity index (χ0n) is 10.8. The molecule has 2 aromatic rings. The number of hydrogen-bond donors (Lipinski definition) is 1. The normalized spacial score (nSPS) is 10.3. The number of carbonyl (C=O) groups excluding carboxylic acids is 1. The first-order valence-corrected chi connectivity index (χ1v) is 5.59. The minimum Gasteiger partial charge on any atom is -0.476 e. The van der Waals surface area contributed by atoms with Crippen LogP contribution in [0.4, 0.5) is 4.39 Å². The summed E-state index contributed by atoms with van der Waals surface area (Å²) in [5.41, 5.74) is 0.352. The summed E-state index contributed by atoms with van der Waals surface area (Å²) < 4.78 is 19.8. The number of halogens is 1. The number of carbonyl (C=O) groups is 2. The van der Waals surface area contributed by atoms with E-state index in [4.69, 9.17) is 5.11 Å². The molecule has 0 saturated carbocycles. The van der Waals surface area contributed by atoms with Crippen molar-refractivity contribution in [2.45, 2.75) is 0 Å². The van der Waals surface area contributed by atoms with Crippen LogP contribution in [0.15, 0.2) is 24.3 Å². The molecule has 1 N–H and O–H groups in total. The molecule has 0 aliphatic carbocycles. The van der Waals surface area contributed by atoms with E-state index in [0.717, 1.165) is 6.07 Å². The van der Waals surface area contributed by atoms with Gasteiger partial charge in [-0.1, -0.05) is 0 Å². The van der Waals surface area contributed by atoms with Crippen molar-refractivity contribution in [2.75, 3.05) is 7.11 Å². The molecule has 7 heteroatoms. The Hall–Kier alpha value is -2.70. The van der Waals surface area contributed by atoms with Crippen LogP contribution in [0.5, 0.6) is 0 Å². The highest BCUT2D eigenvalue weighted by molar-refractivity contribution is 5.90. The van der Waals surface area contributed by atoms with Gasteiger partial charge in [-0.15, -0.1) is 0 Å². The van der Waals surface area contributed by atoms with E-state index in [9.17, 15) is 14.0 Å². The maximum absolute atomic E-state index is 14.0. The van der Waals surface area contributed by atoms with Crippen molar-refractivity contribution in [3.8, 4) is 11.3 Å². The number of rotatable bonds is 3. The minimum absolute atomic E-state index is 0.0781. The van der Waals surface area contributed by atoms with Crippen molar-refractivity contribution in [3.05, 3.63) is 41.3 Å². The molecule has 0 atom stereocenters. The standard InChI is InChI=1S/C13H11FN2O4/c1-16-11(6-10(15-16)12(17)18)8-4-3-7(5-9(8)14)13(19)20-2/h3-6H,1-2H3,(H,17,18). The largest absolute Gasteiger partial charge is 0.476 e. The lowest BCUT2D eigenvalue weighted by Crippen LogP contribution is -2.03. The lowest BCUT2D eigenvalue weighted by atomic mass is 10.1.